The van der Waals surface area contributed by atoms with Crippen molar-refractivity contribution in [3.8, 4) is 0 Å². The van der Waals surface area contributed by atoms with Gasteiger partial charge in [-0.2, -0.15) is 0 Å². The van der Waals surface area contributed by atoms with E-state index in [-0.39, 0.29) is 29.8 Å². The van der Waals surface area contributed by atoms with E-state index in [1.165, 1.54) is 44.8 Å². The molecule has 3 rings (SSSR count). The molecule has 1 aliphatic heterocycles. The predicted octanol–water partition coefficient (Wildman–Crippen LogP) is 5.78. The first-order valence-electron chi connectivity index (χ1n) is 8.05. The smallest absolute Gasteiger partial charge is 0.358 e. The van der Waals surface area contributed by atoms with Gasteiger partial charge >= 0.3 is 22.4 Å². The SMILES string of the molecule is Cc1cc(C)c(N2[C]N(c3c(C)cc(C)cc3C)C=C2)c(C)c1.[Au+].[CH3-]. The summed E-state index contributed by atoms with van der Waals surface area (Å²) >= 11 is 0. The number of hydrogen-bond donors (Lipinski definition) is 0. The summed E-state index contributed by atoms with van der Waals surface area (Å²) in [5, 5.41) is 0. The van der Waals surface area contributed by atoms with E-state index in [0.29, 0.717) is 0 Å². The standard InChI is InChI=1S/C21H24N2.CH3.Au/c1-14-9-16(3)20(17(4)10-14)22-7-8-23(13-22)21-18(5)11-15(2)12-19(21)6;;/h7-12H,1-6H3;1H3;/q;-1;+1. The van der Waals surface area contributed by atoms with Gasteiger partial charge in [0.25, 0.3) is 0 Å². The summed E-state index contributed by atoms with van der Waals surface area (Å²) in [5.74, 6) is 0. The predicted molar refractivity (Wildman–Crippen MR) is 105 cm³/mol. The van der Waals surface area contributed by atoms with E-state index in [2.05, 4.69) is 94.7 Å². The van der Waals surface area contributed by atoms with E-state index in [4.69, 9.17) is 0 Å². The molecule has 0 N–H and O–H groups in total. The second kappa shape index (κ2) is 8.27. The minimum absolute atomic E-state index is 0. The van der Waals surface area contributed by atoms with Crippen molar-refractivity contribution >= 4 is 11.4 Å². The van der Waals surface area contributed by atoms with Crippen molar-refractivity contribution in [2.75, 3.05) is 9.80 Å². The molecule has 0 amide bonds. The topological polar surface area (TPSA) is 6.48 Å². The second-order valence-electron chi connectivity index (χ2n) is 6.63. The van der Waals surface area contributed by atoms with Crippen LogP contribution in [-0.2, 0) is 22.4 Å². The summed E-state index contributed by atoms with van der Waals surface area (Å²) in [5.41, 5.74) is 10.1. The Balaban J connectivity index is 0.00000156. The van der Waals surface area contributed by atoms with E-state index in [0.717, 1.165) is 0 Å². The number of rotatable bonds is 2. The first-order chi connectivity index (χ1) is 10.9. The molecular weight excluding hydrogens is 489 g/mol. The van der Waals surface area contributed by atoms with Crippen molar-refractivity contribution in [1.29, 1.82) is 0 Å². The Kier molecular flexibility index (Phi) is 7.13. The molecule has 3 heteroatoms. The van der Waals surface area contributed by atoms with Crippen LogP contribution in [0.2, 0.25) is 0 Å². The van der Waals surface area contributed by atoms with Crippen molar-refractivity contribution in [2.45, 2.75) is 41.5 Å². The van der Waals surface area contributed by atoms with Crippen LogP contribution in [0.1, 0.15) is 33.4 Å². The van der Waals surface area contributed by atoms with Gasteiger partial charge in [0, 0.05) is 23.8 Å². The zero-order valence-electron chi connectivity index (χ0n) is 16.2. The first-order valence-corrected chi connectivity index (χ1v) is 8.05. The van der Waals surface area contributed by atoms with Crippen LogP contribution in [0.25, 0.3) is 0 Å². The van der Waals surface area contributed by atoms with Crippen LogP contribution in [0, 0.1) is 55.6 Å². The van der Waals surface area contributed by atoms with Crippen LogP contribution in [0.5, 0.6) is 0 Å². The number of anilines is 2. The van der Waals surface area contributed by atoms with Crippen LogP contribution < -0.4 is 9.80 Å². The first kappa shape index (κ1) is 21.6. The molecule has 0 saturated carbocycles. The van der Waals surface area contributed by atoms with Gasteiger partial charge in [-0.15, -0.1) is 0 Å². The molecule has 0 fully saturated rings. The Morgan fingerprint density at radius 3 is 1.16 bits per heavy atom. The number of benzene rings is 2. The van der Waals surface area contributed by atoms with Crippen LogP contribution >= 0.6 is 0 Å². The number of hydrogen-bond acceptors (Lipinski definition) is 2. The molecule has 2 nitrogen and oxygen atoms in total. The van der Waals surface area contributed by atoms with Crippen molar-refractivity contribution in [3.63, 3.8) is 0 Å². The molecule has 0 unspecified atom stereocenters. The molecule has 0 aromatic heterocycles. The van der Waals surface area contributed by atoms with E-state index in [1.807, 2.05) is 0 Å². The Morgan fingerprint density at radius 2 is 0.880 bits per heavy atom. The molecular formula is C22H27AuN2. The molecule has 136 valence electrons. The summed E-state index contributed by atoms with van der Waals surface area (Å²) in [4.78, 5) is 4.20. The van der Waals surface area contributed by atoms with Gasteiger partial charge < -0.3 is 17.2 Å². The van der Waals surface area contributed by atoms with Crippen molar-refractivity contribution in [1.82, 2.24) is 0 Å². The quantitative estimate of drug-likeness (QED) is 0.369. The van der Waals surface area contributed by atoms with Crippen LogP contribution in [0.15, 0.2) is 36.7 Å². The summed E-state index contributed by atoms with van der Waals surface area (Å²) in [7, 11) is 0. The van der Waals surface area contributed by atoms with E-state index < -0.39 is 0 Å². The van der Waals surface area contributed by atoms with E-state index in [1.54, 1.807) is 0 Å². The number of aryl methyl sites for hydroxylation is 6. The van der Waals surface area contributed by atoms with Gasteiger partial charge in [0.2, 0.25) is 6.67 Å². The monoisotopic (exact) mass is 516 g/mol. The Labute approximate surface area is 169 Å². The van der Waals surface area contributed by atoms with Gasteiger partial charge in [0.05, 0.1) is 0 Å². The van der Waals surface area contributed by atoms with E-state index >= 15 is 0 Å². The molecule has 1 aliphatic rings. The zero-order valence-corrected chi connectivity index (χ0v) is 18.3. The van der Waals surface area contributed by atoms with Crippen LogP contribution in [0.4, 0.5) is 11.4 Å². The van der Waals surface area contributed by atoms with Gasteiger partial charge in [0.1, 0.15) is 0 Å². The Morgan fingerprint density at radius 1 is 0.600 bits per heavy atom. The van der Waals surface area contributed by atoms with E-state index in [9.17, 15) is 0 Å². The average Bonchev–Trinajstić information content (AvgIpc) is 2.85. The second-order valence-corrected chi connectivity index (χ2v) is 6.63. The minimum atomic E-state index is 0. The normalized spacial score (nSPS) is 12.9. The molecule has 1 heterocycles. The largest absolute Gasteiger partial charge is 1.00 e. The molecule has 0 saturated heterocycles. The molecule has 25 heavy (non-hydrogen) atoms. The van der Waals surface area contributed by atoms with Crippen molar-refractivity contribution < 1.29 is 22.4 Å². The molecule has 2 aromatic carbocycles. The van der Waals surface area contributed by atoms with Gasteiger partial charge in [-0.3, -0.25) is 0 Å². The number of nitrogens with zero attached hydrogens (tertiary/aromatic N) is 2. The summed E-state index contributed by atoms with van der Waals surface area (Å²) in [6.45, 7) is 16.4. The molecule has 0 aliphatic carbocycles. The van der Waals surface area contributed by atoms with Crippen LogP contribution in [0.3, 0.4) is 0 Å². The van der Waals surface area contributed by atoms with Gasteiger partial charge in [0.15, 0.2) is 0 Å². The van der Waals surface area contributed by atoms with Gasteiger partial charge in [-0.05, 0) is 63.8 Å². The summed E-state index contributed by atoms with van der Waals surface area (Å²) in [6.07, 6.45) is 4.17. The maximum absolute atomic E-state index is 3.48. The maximum Gasteiger partial charge on any atom is 1.00 e. The Bertz CT molecular complexity index is 681. The molecule has 0 spiro atoms. The fraction of sp³-hybridized carbons (Fsp3) is 0.273. The van der Waals surface area contributed by atoms with Crippen molar-refractivity contribution in [2.24, 2.45) is 0 Å². The maximum atomic E-state index is 3.48. The average molecular weight is 516 g/mol. The molecule has 0 bridgehead atoms. The van der Waals surface area contributed by atoms with Gasteiger partial charge in [-0.25, -0.2) is 0 Å². The Hall–Kier alpha value is -1.48. The molecule has 0 atom stereocenters. The summed E-state index contributed by atoms with van der Waals surface area (Å²) < 4.78 is 0. The van der Waals surface area contributed by atoms with Crippen molar-refractivity contribution in [3.05, 3.63) is 84.1 Å². The fourth-order valence-electron chi connectivity index (χ4n) is 3.67. The fourth-order valence-corrected chi connectivity index (χ4v) is 3.67. The van der Waals surface area contributed by atoms with Gasteiger partial charge in [-0.1, -0.05) is 35.4 Å². The molecule has 2 radical (unpaired) electrons. The van der Waals surface area contributed by atoms with Crippen LogP contribution in [-0.4, -0.2) is 0 Å². The third kappa shape index (κ3) is 4.20. The molecule has 2 aromatic rings. The summed E-state index contributed by atoms with van der Waals surface area (Å²) in [6, 6.07) is 8.90. The third-order valence-electron chi connectivity index (χ3n) is 4.33. The zero-order chi connectivity index (χ0) is 16.7. The minimum Gasteiger partial charge on any atom is -0.358 e. The third-order valence-corrected chi connectivity index (χ3v) is 4.33.